The Hall–Kier alpha value is -1.92. The first-order valence-corrected chi connectivity index (χ1v) is 7.25. The first-order chi connectivity index (χ1) is 10.6. The molecule has 0 fully saturated rings. The van der Waals surface area contributed by atoms with E-state index in [9.17, 15) is 9.59 Å². The molecular formula is C16H24N2O4. The number of rotatable bonds is 8. The maximum atomic E-state index is 11.8. The lowest BCUT2D eigenvalue weighted by atomic mass is 9.90. The third-order valence-electron chi connectivity index (χ3n) is 3.59. The molecule has 122 valence electrons. The van der Waals surface area contributed by atoms with E-state index in [0.29, 0.717) is 19.6 Å². The molecule has 0 aliphatic rings. The lowest BCUT2D eigenvalue weighted by Crippen LogP contribution is -2.47. The van der Waals surface area contributed by atoms with Crippen LogP contribution in [0.4, 0.5) is 0 Å². The molecule has 0 bridgehead atoms. The molecule has 22 heavy (non-hydrogen) atoms. The van der Waals surface area contributed by atoms with Gasteiger partial charge in [0.1, 0.15) is 5.60 Å². The normalized spacial score (nSPS) is 13.2. The maximum Gasteiger partial charge on any atom is 0.309 e. The van der Waals surface area contributed by atoms with Crippen molar-refractivity contribution in [3.8, 4) is 0 Å². The quantitative estimate of drug-likeness (QED) is 0.550. The van der Waals surface area contributed by atoms with Crippen molar-refractivity contribution >= 4 is 11.8 Å². The minimum absolute atomic E-state index is 0.223. The number of hydrogen-bond donors (Lipinski definition) is 2. The summed E-state index contributed by atoms with van der Waals surface area (Å²) in [4.78, 5) is 23.5. The number of carbonyl (C=O) groups excluding carboxylic acids is 2. The van der Waals surface area contributed by atoms with Crippen molar-refractivity contribution in [2.75, 3.05) is 33.9 Å². The molecule has 1 atom stereocenters. The zero-order valence-electron chi connectivity index (χ0n) is 13.3. The number of methoxy groups -OCH3 is 2. The van der Waals surface area contributed by atoms with Gasteiger partial charge in [0.2, 0.25) is 0 Å². The van der Waals surface area contributed by atoms with Gasteiger partial charge >= 0.3 is 11.8 Å². The molecule has 0 saturated carbocycles. The molecule has 6 nitrogen and oxygen atoms in total. The van der Waals surface area contributed by atoms with Gasteiger partial charge in [-0.2, -0.15) is 0 Å². The minimum Gasteiger partial charge on any atom is -0.383 e. The first kappa shape index (κ1) is 18.1. The molecule has 0 aliphatic heterocycles. The van der Waals surface area contributed by atoms with Gasteiger partial charge in [-0.25, -0.2) is 0 Å². The van der Waals surface area contributed by atoms with Crippen LogP contribution < -0.4 is 10.6 Å². The van der Waals surface area contributed by atoms with Crippen molar-refractivity contribution in [2.24, 2.45) is 0 Å². The van der Waals surface area contributed by atoms with Crippen LogP contribution in [0.5, 0.6) is 0 Å². The zero-order chi connectivity index (χ0) is 16.4. The number of amides is 2. The van der Waals surface area contributed by atoms with Crippen molar-refractivity contribution in [1.82, 2.24) is 10.6 Å². The van der Waals surface area contributed by atoms with Crippen LogP contribution in [0, 0.1) is 0 Å². The van der Waals surface area contributed by atoms with Gasteiger partial charge in [-0.05, 0) is 12.0 Å². The highest BCUT2D eigenvalue weighted by Gasteiger charge is 2.31. The van der Waals surface area contributed by atoms with Gasteiger partial charge in [-0.1, -0.05) is 37.3 Å². The lowest BCUT2D eigenvalue weighted by Gasteiger charge is -2.32. The van der Waals surface area contributed by atoms with Crippen LogP contribution in [0.15, 0.2) is 30.3 Å². The van der Waals surface area contributed by atoms with E-state index in [4.69, 9.17) is 9.47 Å². The highest BCUT2D eigenvalue weighted by atomic mass is 16.5. The number of carbonyl (C=O) groups is 2. The molecular weight excluding hydrogens is 284 g/mol. The first-order valence-electron chi connectivity index (χ1n) is 7.25. The second kappa shape index (κ2) is 9.17. The summed E-state index contributed by atoms with van der Waals surface area (Å²) in [5.74, 6) is -1.35. The van der Waals surface area contributed by atoms with E-state index in [0.717, 1.165) is 5.56 Å². The number of hydrogen-bond acceptors (Lipinski definition) is 4. The monoisotopic (exact) mass is 308 g/mol. The van der Waals surface area contributed by atoms with Crippen LogP contribution in [0.3, 0.4) is 0 Å². The highest BCUT2D eigenvalue weighted by Crippen LogP contribution is 2.27. The van der Waals surface area contributed by atoms with Gasteiger partial charge in [0.15, 0.2) is 0 Å². The summed E-state index contributed by atoms with van der Waals surface area (Å²) >= 11 is 0. The molecule has 1 aromatic carbocycles. The zero-order valence-corrected chi connectivity index (χ0v) is 13.3. The third-order valence-corrected chi connectivity index (χ3v) is 3.59. The van der Waals surface area contributed by atoms with Gasteiger partial charge in [-0.15, -0.1) is 0 Å². The van der Waals surface area contributed by atoms with E-state index >= 15 is 0 Å². The molecule has 0 radical (unpaired) electrons. The smallest absolute Gasteiger partial charge is 0.309 e. The van der Waals surface area contributed by atoms with Crippen molar-refractivity contribution in [2.45, 2.75) is 18.9 Å². The molecule has 2 amide bonds. The van der Waals surface area contributed by atoms with Gasteiger partial charge < -0.3 is 20.1 Å². The van der Waals surface area contributed by atoms with Crippen LogP contribution in [-0.2, 0) is 24.7 Å². The van der Waals surface area contributed by atoms with Crippen molar-refractivity contribution < 1.29 is 19.1 Å². The average Bonchev–Trinajstić information content (AvgIpc) is 2.57. The number of nitrogens with one attached hydrogen (secondary N) is 2. The van der Waals surface area contributed by atoms with E-state index in [2.05, 4.69) is 10.6 Å². The largest absolute Gasteiger partial charge is 0.383 e. The van der Waals surface area contributed by atoms with E-state index < -0.39 is 17.4 Å². The van der Waals surface area contributed by atoms with E-state index in [1.165, 1.54) is 7.11 Å². The number of ether oxygens (including phenoxy) is 2. The fourth-order valence-electron chi connectivity index (χ4n) is 2.16. The SMILES string of the molecule is CCC(CNC(=O)C(=O)NCCOC)(OC)c1ccccc1. The van der Waals surface area contributed by atoms with Gasteiger partial charge in [0.05, 0.1) is 13.2 Å². The Morgan fingerprint density at radius 1 is 1.09 bits per heavy atom. The van der Waals surface area contributed by atoms with Gasteiger partial charge in [0, 0.05) is 20.8 Å². The predicted molar refractivity (Wildman–Crippen MR) is 83.3 cm³/mol. The average molecular weight is 308 g/mol. The van der Waals surface area contributed by atoms with E-state index in [1.54, 1.807) is 7.11 Å². The summed E-state index contributed by atoms with van der Waals surface area (Å²) in [6, 6.07) is 9.63. The highest BCUT2D eigenvalue weighted by molar-refractivity contribution is 6.35. The molecule has 0 heterocycles. The van der Waals surface area contributed by atoms with Crippen molar-refractivity contribution in [3.63, 3.8) is 0 Å². The molecule has 0 spiro atoms. The van der Waals surface area contributed by atoms with Gasteiger partial charge in [0.25, 0.3) is 0 Å². The molecule has 1 aromatic rings. The third kappa shape index (κ3) is 4.82. The summed E-state index contributed by atoms with van der Waals surface area (Å²) < 4.78 is 10.4. The summed E-state index contributed by atoms with van der Waals surface area (Å²) in [5, 5.41) is 5.11. The topological polar surface area (TPSA) is 76.7 Å². The summed E-state index contributed by atoms with van der Waals surface area (Å²) in [7, 11) is 3.13. The maximum absolute atomic E-state index is 11.8. The van der Waals surface area contributed by atoms with Crippen LogP contribution in [-0.4, -0.2) is 45.7 Å². The molecule has 1 rings (SSSR count). The Labute approximate surface area is 131 Å². The Kier molecular flexibility index (Phi) is 7.56. The molecule has 0 aliphatic carbocycles. The van der Waals surface area contributed by atoms with Gasteiger partial charge in [-0.3, -0.25) is 9.59 Å². The van der Waals surface area contributed by atoms with E-state index in [-0.39, 0.29) is 6.54 Å². The van der Waals surface area contributed by atoms with Crippen molar-refractivity contribution in [3.05, 3.63) is 35.9 Å². The lowest BCUT2D eigenvalue weighted by molar-refractivity contribution is -0.140. The van der Waals surface area contributed by atoms with Crippen molar-refractivity contribution in [1.29, 1.82) is 0 Å². The molecule has 0 aromatic heterocycles. The Bertz CT molecular complexity index is 472. The summed E-state index contributed by atoms with van der Waals surface area (Å²) in [6.07, 6.45) is 0.666. The second-order valence-corrected chi connectivity index (χ2v) is 4.85. The molecule has 6 heteroatoms. The van der Waals surface area contributed by atoms with Crippen LogP contribution in [0.25, 0.3) is 0 Å². The standard InChI is InChI=1S/C16H24N2O4/c1-4-16(22-3,13-8-6-5-7-9-13)12-18-15(20)14(19)17-10-11-21-2/h5-9H,4,10-12H2,1-3H3,(H,17,19)(H,18,20). The van der Waals surface area contributed by atoms with E-state index in [1.807, 2.05) is 37.3 Å². The predicted octanol–water partition coefficient (Wildman–Crippen LogP) is 0.817. The Morgan fingerprint density at radius 3 is 2.27 bits per heavy atom. The van der Waals surface area contributed by atoms with Crippen LogP contribution in [0.2, 0.25) is 0 Å². The number of benzene rings is 1. The molecule has 0 saturated heterocycles. The summed E-state index contributed by atoms with van der Waals surface area (Å²) in [6.45, 7) is 2.85. The van der Waals surface area contributed by atoms with Crippen LogP contribution >= 0.6 is 0 Å². The molecule has 1 unspecified atom stereocenters. The summed E-state index contributed by atoms with van der Waals surface area (Å²) in [5.41, 5.74) is 0.309. The molecule has 2 N–H and O–H groups in total. The minimum atomic E-state index is -0.679. The fraction of sp³-hybridized carbons (Fsp3) is 0.500. The van der Waals surface area contributed by atoms with Crippen LogP contribution in [0.1, 0.15) is 18.9 Å². The second-order valence-electron chi connectivity index (χ2n) is 4.85. The fourth-order valence-corrected chi connectivity index (χ4v) is 2.16. The Morgan fingerprint density at radius 2 is 1.73 bits per heavy atom. The Balaban J connectivity index is 2.65.